The van der Waals surface area contributed by atoms with Gasteiger partial charge >= 0.3 is 0 Å². The molecule has 0 unspecified atom stereocenters. The van der Waals surface area contributed by atoms with E-state index in [2.05, 4.69) is 4.98 Å². The van der Waals surface area contributed by atoms with Crippen LogP contribution in [-0.2, 0) is 4.79 Å². The van der Waals surface area contributed by atoms with Gasteiger partial charge in [0.25, 0.3) is 6.29 Å². The van der Waals surface area contributed by atoms with Gasteiger partial charge in [-0.15, -0.1) is 0 Å². The number of pyridine rings is 1. The van der Waals surface area contributed by atoms with Crippen molar-refractivity contribution in [3.05, 3.63) is 23.0 Å². The molecule has 0 aromatic carbocycles. The Labute approximate surface area is 62.3 Å². The summed E-state index contributed by atoms with van der Waals surface area (Å²) in [7, 11) is 0. The fraction of sp³-hybridized carbons (Fsp3) is 0. The molecule has 3 nitrogen and oxygen atoms in total. The number of aromatic nitrogens is 1. The standard InChI is InChI=1S/C6H3ClNO2/c7-4-1-2-8-5(3-9)6(4)10/h1-2,10H. The molecule has 1 rings (SSSR count). The van der Waals surface area contributed by atoms with Gasteiger partial charge in [-0.1, -0.05) is 11.6 Å². The van der Waals surface area contributed by atoms with Crippen LogP contribution in [0.3, 0.4) is 0 Å². The quantitative estimate of drug-likeness (QED) is 0.657. The summed E-state index contributed by atoms with van der Waals surface area (Å²) < 4.78 is 0. The third kappa shape index (κ3) is 1.09. The van der Waals surface area contributed by atoms with Gasteiger partial charge in [-0.2, -0.15) is 0 Å². The van der Waals surface area contributed by atoms with E-state index in [4.69, 9.17) is 16.7 Å². The topological polar surface area (TPSA) is 50.2 Å². The van der Waals surface area contributed by atoms with E-state index in [1.807, 2.05) is 0 Å². The molecule has 0 bridgehead atoms. The predicted octanol–water partition coefficient (Wildman–Crippen LogP) is 0.898. The first-order valence-electron chi connectivity index (χ1n) is 2.47. The van der Waals surface area contributed by atoms with Gasteiger partial charge in [0, 0.05) is 6.20 Å². The Kier molecular flexibility index (Phi) is 1.87. The Morgan fingerprint density at radius 1 is 1.70 bits per heavy atom. The van der Waals surface area contributed by atoms with Crippen LogP contribution in [0.15, 0.2) is 12.3 Å². The highest BCUT2D eigenvalue weighted by atomic mass is 35.5. The van der Waals surface area contributed by atoms with Crippen molar-refractivity contribution in [2.24, 2.45) is 0 Å². The zero-order chi connectivity index (χ0) is 7.56. The van der Waals surface area contributed by atoms with Gasteiger partial charge in [-0.3, -0.25) is 4.79 Å². The largest absolute Gasteiger partial charge is 0.504 e. The second kappa shape index (κ2) is 2.66. The number of carbonyl (C=O) groups excluding carboxylic acids is 1. The Bertz CT molecular complexity index is 262. The van der Waals surface area contributed by atoms with E-state index in [0.717, 1.165) is 0 Å². The van der Waals surface area contributed by atoms with E-state index in [1.54, 1.807) is 0 Å². The SMILES string of the molecule is O=[C]c1nccc(Cl)c1O. The average Bonchev–Trinajstić information content (AvgIpc) is 1.95. The van der Waals surface area contributed by atoms with Gasteiger partial charge in [0.2, 0.25) is 0 Å². The van der Waals surface area contributed by atoms with Gasteiger partial charge < -0.3 is 5.11 Å². The van der Waals surface area contributed by atoms with Gasteiger partial charge in [0.15, 0.2) is 11.4 Å². The molecule has 1 radical (unpaired) electrons. The molecule has 51 valence electrons. The molecule has 1 heterocycles. The van der Waals surface area contributed by atoms with Crippen molar-refractivity contribution >= 4 is 17.9 Å². The van der Waals surface area contributed by atoms with E-state index in [9.17, 15) is 4.79 Å². The van der Waals surface area contributed by atoms with E-state index < -0.39 is 0 Å². The highest BCUT2D eigenvalue weighted by Gasteiger charge is 2.04. The summed E-state index contributed by atoms with van der Waals surface area (Å²) in [6, 6.07) is 1.39. The molecular weight excluding hydrogens is 154 g/mol. The molecule has 0 amide bonds. The number of aromatic hydroxyl groups is 1. The third-order valence-electron chi connectivity index (χ3n) is 0.972. The number of halogens is 1. The minimum Gasteiger partial charge on any atom is -0.504 e. The fourth-order valence-corrected chi connectivity index (χ4v) is 0.651. The number of nitrogens with zero attached hydrogens (tertiary/aromatic N) is 1. The molecule has 10 heavy (non-hydrogen) atoms. The lowest BCUT2D eigenvalue weighted by Crippen LogP contribution is -1.86. The van der Waals surface area contributed by atoms with E-state index in [1.165, 1.54) is 18.5 Å². The first-order chi connectivity index (χ1) is 4.75. The van der Waals surface area contributed by atoms with Crippen molar-refractivity contribution < 1.29 is 9.90 Å². The number of rotatable bonds is 1. The van der Waals surface area contributed by atoms with Crippen molar-refractivity contribution in [1.82, 2.24) is 4.98 Å². The summed E-state index contributed by atoms with van der Waals surface area (Å²) >= 11 is 5.42. The van der Waals surface area contributed by atoms with Crippen LogP contribution in [0, 0.1) is 0 Å². The smallest absolute Gasteiger partial charge is 0.257 e. The maximum absolute atomic E-state index is 9.97. The van der Waals surface area contributed by atoms with Gasteiger partial charge in [0.1, 0.15) is 0 Å². The van der Waals surface area contributed by atoms with Crippen LogP contribution in [0.4, 0.5) is 0 Å². The Hall–Kier alpha value is -1.09. The lowest BCUT2D eigenvalue weighted by atomic mass is 10.3. The van der Waals surface area contributed by atoms with Gasteiger partial charge in [-0.25, -0.2) is 4.98 Å². The monoisotopic (exact) mass is 156 g/mol. The van der Waals surface area contributed by atoms with Crippen LogP contribution in [0.25, 0.3) is 0 Å². The van der Waals surface area contributed by atoms with E-state index in [0.29, 0.717) is 0 Å². The molecular formula is C6H3ClNO2. The highest BCUT2D eigenvalue weighted by Crippen LogP contribution is 2.23. The molecule has 0 aliphatic carbocycles. The predicted molar refractivity (Wildman–Crippen MR) is 35.7 cm³/mol. The summed E-state index contributed by atoms with van der Waals surface area (Å²) in [5.41, 5.74) is -0.160. The summed E-state index contributed by atoms with van der Waals surface area (Å²) in [4.78, 5) is 13.5. The van der Waals surface area contributed by atoms with Crippen molar-refractivity contribution in [3.63, 3.8) is 0 Å². The molecule has 4 heteroatoms. The second-order valence-corrected chi connectivity index (χ2v) is 2.00. The molecule has 1 aromatic rings. The van der Waals surface area contributed by atoms with Crippen LogP contribution in [-0.4, -0.2) is 16.4 Å². The van der Waals surface area contributed by atoms with Crippen molar-refractivity contribution in [2.75, 3.05) is 0 Å². The van der Waals surface area contributed by atoms with E-state index >= 15 is 0 Å². The van der Waals surface area contributed by atoms with Crippen molar-refractivity contribution in [3.8, 4) is 5.75 Å². The Balaban J connectivity index is 3.27. The zero-order valence-corrected chi connectivity index (χ0v) is 5.59. The first-order valence-corrected chi connectivity index (χ1v) is 2.85. The second-order valence-electron chi connectivity index (χ2n) is 1.59. The minimum atomic E-state index is -0.320. The van der Waals surface area contributed by atoms with Crippen LogP contribution >= 0.6 is 11.6 Å². The number of hydrogen-bond donors (Lipinski definition) is 1. The summed E-state index contributed by atoms with van der Waals surface area (Å²) in [6.45, 7) is 0. The van der Waals surface area contributed by atoms with Crippen LogP contribution in [0.5, 0.6) is 5.75 Å². The van der Waals surface area contributed by atoms with Crippen LogP contribution in [0.1, 0.15) is 5.69 Å². The van der Waals surface area contributed by atoms with Gasteiger partial charge in [0.05, 0.1) is 5.02 Å². The van der Waals surface area contributed by atoms with Crippen molar-refractivity contribution in [1.29, 1.82) is 0 Å². The molecule has 0 saturated carbocycles. The molecule has 0 atom stereocenters. The average molecular weight is 157 g/mol. The fourth-order valence-electron chi connectivity index (χ4n) is 0.505. The molecule has 0 fully saturated rings. The molecule has 0 aliphatic rings. The molecule has 0 spiro atoms. The molecule has 0 aliphatic heterocycles. The minimum absolute atomic E-state index is 0.105. The van der Waals surface area contributed by atoms with E-state index in [-0.39, 0.29) is 16.5 Å². The lowest BCUT2D eigenvalue weighted by molar-refractivity contribution is 0.469. The zero-order valence-electron chi connectivity index (χ0n) is 4.84. The summed E-state index contributed by atoms with van der Waals surface area (Å²) in [6.07, 6.45) is 2.76. The molecule has 0 saturated heterocycles. The van der Waals surface area contributed by atoms with Crippen LogP contribution in [0.2, 0.25) is 5.02 Å². The maximum Gasteiger partial charge on any atom is 0.257 e. The summed E-state index contributed by atoms with van der Waals surface area (Å²) in [5.74, 6) is -0.320. The lowest BCUT2D eigenvalue weighted by Gasteiger charge is -1.94. The van der Waals surface area contributed by atoms with Crippen LogP contribution < -0.4 is 0 Å². The highest BCUT2D eigenvalue weighted by molar-refractivity contribution is 6.32. The number of hydrogen-bond acceptors (Lipinski definition) is 3. The Morgan fingerprint density at radius 3 is 2.90 bits per heavy atom. The molecule has 1 N–H and O–H groups in total. The van der Waals surface area contributed by atoms with Crippen molar-refractivity contribution in [2.45, 2.75) is 0 Å². The maximum atomic E-state index is 9.97. The Morgan fingerprint density at radius 2 is 2.40 bits per heavy atom. The normalized spacial score (nSPS) is 9.30. The van der Waals surface area contributed by atoms with Gasteiger partial charge in [-0.05, 0) is 6.07 Å². The first kappa shape index (κ1) is 7.02. The summed E-state index contributed by atoms with van der Waals surface area (Å²) in [5, 5.41) is 9.05. The third-order valence-corrected chi connectivity index (χ3v) is 1.28. The molecule has 1 aromatic heterocycles.